The molecule has 0 bridgehead atoms. The number of benzene rings is 2. The monoisotopic (exact) mass is 311 g/mol. The number of rotatable bonds is 6. The molecule has 0 radical (unpaired) electrons. The van der Waals surface area contributed by atoms with Crippen LogP contribution in [-0.2, 0) is 0 Å². The molecule has 0 aliphatic carbocycles. The second kappa shape index (κ2) is 6.93. The second-order valence-corrected chi connectivity index (χ2v) is 5.08. The maximum atomic E-state index is 9.43. The van der Waals surface area contributed by atoms with Crippen LogP contribution in [0.25, 0.3) is 0 Å². The fraction of sp³-hybridized carbons (Fsp3) is 0.278. The van der Waals surface area contributed by atoms with Crippen LogP contribution in [0.2, 0.25) is 0 Å². The summed E-state index contributed by atoms with van der Waals surface area (Å²) in [6.45, 7) is 0.666. The highest BCUT2D eigenvalue weighted by Crippen LogP contribution is 2.35. The molecule has 0 spiro atoms. The molecule has 118 valence electrons. The van der Waals surface area contributed by atoms with E-state index in [1.165, 1.54) is 0 Å². The van der Waals surface area contributed by atoms with Gasteiger partial charge in [-0.05, 0) is 18.2 Å². The summed E-state index contributed by atoms with van der Waals surface area (Å²) in [6.07, 6.45) is 0.575. The Morgan fingerprint density at radius 2 is 2.00 bits per heavy atom. The van der Waals surface area contributed by atoms with Crippen LogP contribution in [0.15, 0.2) is 42.5 Å². The molecule has 0 amide bonds. The van der Waals surface area contributed by atoms with Crippen molar-refractivity contribution in [3.8, 4) is 29.1 Å². The van der Waals surface area contributed by atoms with Crippen LogP contribution in [0.4, 0.5) is 0 Å². The van der Waals surface area contributed by atoms with Crippen LogP contribution in [0.5, 0.6) is 23.0 Å². The number of ether oxygens (including phenoxy) is 4. The van der Waals surface area contributed by atoms with Crippen LogP contribution in [0.1, 0.15) is 17.9 Å². The molecular weight excluding hydrogens is 294 g/mol. The molecule has 0 saturated heterocycles. The maximum Gasteiger partial charge on any atom is 0.231 e. The van der Waals surface area contributed by atoms with Gasteiger partial charge >= 0.3 is 0 Å². The minimum Gasteiger partial charge on any atom is -0.496 e. The van der Waals surface area contributed by atoms with E-state index in [9.17, 15) is 5.26 Å². The van der Waals surface area contributed by atoms with Gasteiger partial charge in [-0.3, -0.25) is 0 Å². The Morgan fingerprint density at radius 1 is 1.17 bits per heavy atom. The molecule has 1 heterocycles. The van der Waals surface area contributed by atoms with Gasteiger partial charge in [-0.15, -0.1) is 0 Å². The van der Waals surface area contributed by atoms with Crippen molar-refractivity contribution in [2.24, 2.45) is 0 Å². The predicted octanol–water partition coefficient (Wildman–Crippen LogP) is 3.50. The Bertz CT molecular complexity index is 723. The summed E-state index contributed by atoms with van der Waals surface area (Å²) in [4.78, 5) is 0. The minimum absolute atomic E-state index is 0.239. The van der Waals surface area contributed by atoms with E-state index in [1.807, 2.05) is 36.4 Å². The first-order chi connectivity index (χ1) is 11.3. The van der Waals surface area contributed by atoms with Crippen molar-refractivity contribution in [1.29, 1.82) is 5.26 Å². The smallest absolute Gasteiger partial charge is 0.231 e. The van der Waals surface area contributed by atoms with Crippen molar-refractivity contribution in [2.45, 2.75) is 12.3 Å². The van der Waals surface area contributed by atoms with Gasteiger partial charge in [0.25, 0.3) is 0 Å². The van der Waals surface area contributed by atoms with Crippen LogP contribution < -0.4 is 18.9 Å². The Morgan fingerprint density at radius 3 is 2.83 bits per heavy atom. The zero-order valence-electron chi connectivity index (χ0n) is 12.8. The molecule has 0 N–H and O–H groups in total. The lowest BCUT2D eigenvalue weighted by Crippen LogP contribution is -2.06. The quantitative estimate of drug-likeness (QED) is 0.817. The normalized spacial score (nSPS) is 13.2. The summed E-state index contributed by atoms with van der Waals surface area (Å²) in [6, 6.07) is 15.3. The van der Waals surface area contributed by atoms with Gasteiger partial charge in [-0.25, -0.2) is 0 Å². The zero-order valence-corrected chi connectivity index (χ0v) is 12.8. The minimum atomic E-state index is -0.278. The van der Waals surface area contributed by atoms with E-state index in [4.69, 9.17) is 18.9 Å². The lowest BCUT2D eigenvalue weighted by atomic mass is 9.97. The molecule has 5 heteroatoms. The van der Waals surface area contributed by atoms with E-state index >= 15 is 0 Å². The lowest BCUT2D eigenvalue weighted by molar-refractivity contribution is 0.173. The summed E-state index contributed by atoms with van der Waals surface area (Å²) in [5.74, 6) is 2.55. The van der Waals surface area contributed by atoms with E-state index in [-0.39, 0.29) is 12.7 Å². The van der Waals surface area contributed by atoms with Crippen molar-refractivity contribution in [3.05, 3.63) is 48.0 Å². The van der Waals surface area contributed by atoms with Gasteiger partial charge in [0.15, 0.2) is 11.5 Å². The van der Waals surface area contributed by atoms with E-state index < -0.39 is 0 Å². The third-order valence-electron chi connectivity index (χ3n) is 3.69. The average Bonchev–Trinajstić information content (AvgIpc) is 3.06. The molecule has 2 aromatic carbocycles. The van der Waals surface area contributed by atoms with Crippen molar-refractivity contribution in [1.82, 2.24) is 0 Å². The first kappa shape index (κ1) is 15.0. The fourth-order valence-corrected chi connectivity index (χ4v) is 2.51. The summed E-state index contributed by atoms with van der Waals surface area (Å²) in [5, 5.41) is 9.43. The molecule has 0 aromatic heterocycles. The van der Waals surface area contributed by atoms with E-state index in [0.717, 1.165) is 17.1 Å². The number of nitriles is 1. The molecule has 1 unspecified atom stereocenters. The Labute approximate surface area is 135 Å². The maximum absolute atomic E-state index is 9.43. The Hall–Kier alpha value is -2.87. The standard InChI is InChI=1S/C18H17NO4/c1-20-16-5-3-2-4-15(16)13(11-19)8-9-21-14-6-7-17-18(10-14)23-12-22-17/h2-7,10,13H,8-9,12H2,1H3. The molecule has 3 rings (SSSR count). The molecule has 1 atom stereocenters. The number of hydrogen-bond acceptors (Lipinski definition) is 5. The van der Waals surface area contributed by atoms with Crippen LogP contribution in [-0.4, -0.2) is 20.5 Å². The van der Waals surface area contributed by atoms with E-state index in [1.54, 1.807) is 13.2 Å². The molecule has 1 aliphatic rings. The largest absolute Gasteiger partial charge is 0.496 e. The highest BCUT2D eigenvalue weighted by atomic mass is 16.7. The summed E-state index contributed by atoms with van der Waals surface area (Å²) in [5.41, 5.74) is 0.881. The van der Waals surface area contributed by atoms with Gasteiger partial charge in [0.05, 0.1) is 25.7 Å². The van der Waals surface area contributed by atoms with E-state index in [2.05, 4.69) is 6.07 Å². The average molecular weight is 311 g/mol. The molecule has 0 fully saturated rings. The van der Waals surface area contributed by atoms with Crippen molar-refractivity contribution in [2.75, 3.05) is 20.5 Å². The third kappa shape index (κ3) is 3.32. The molecular formula is C18H17NO4. The van der Waals surface area contributed by atoms with Crippen LogP contribution in [0, 0.1) is 11.3 Å². The van der Waals surface area contributed by atoms with Gasteiger partial charge in [0, 0.05) is 18.1 Å². The lowest BCUT2D eigenvalue weighted by Gasteiger charge is -2.14. The Balaban J connectivity index is 1.62. The van der Waals surface area contributed by atoms with Gasteiger partial charge < -0.3 is 18.9 Å². The van der Waals surface area contributed by atoms with Crippen LogP contribution in [0.3, 0.4) is 0 Å². The number of methoxy groups -OCH3 is 1. The first-order valence-electron chi connectivity index (χ1n) is 7.37. The van der Waals surface area contributed by atoms with Crippen molar-refractivity contribution in [3.63, 3.8) is 0 Å². The predicted molar refractivity (Wildman–Crippen MR) is 84.0 cm³/mol. The number of hydrogen-bond donors (Lipinski definition) is 0. The number of nitrogens with zero attached hydrogens (tertiary/aromatic N) is 1. The first-order valence-corrected chi connectivity index (χ1v) is 7.37. The van der Waals surface area contributed by atoms with E-state index in [0.29, 0.717) is 24.5 Å². The molecule has 1 aliphatic heterocycles. The van der Waals surface area contributed by atoms with Gasteiger partial charge in [-0.2, -0.15) is 5.26 Å². The highest BCUT2D eigenvalue weighted by Gasteiger charge is 2.16. The van der Waals surface area contributed by atoms with Gasteiger partial charge in [0.2, 0.25) is 6.79 Å². The topological polar surface area (TPSA) is 60.7 Å². The summed E-state index contributed by atoms with van der Waals surface area (Å²) in [7, 11) is 1.61. The molecule has 5 nitrogen and oxygen atoms in total. The fourth-order valence-electron chi connectivity index (χ4n) is 2.51. The zero-order chi connectivity index (χ0) is 16.1. The van der Waals surface area contributed by atoms with Gasteiger partial charge in [-0.1, -0.05) is 18.2 Å². The molecule has 2 aromatic rings. The third-order valence-corrected chi connectivity index (χ3v) is 3.69. The van der Waals surface area contributed by atoms with Crippen molar-refractivity contribution >= 4 is 0 Å². The SMILES string of the molecule is COc1ccccc1C(C#N)CCOc1ccc2c(c1)OCO2. The summed E-state index contributed by atoms with van der Waals surface area (Å²) < 4.78 is 21.6. The molecule has 0 saturated carbocycles. The molecule has 23 heavy (non-hydrogen) atoms. The Kier molecular flexibility index (Phi) is 4.53. The van der Waals surface area contributed by atoms with Gasteiger partial charge in [0.1, 0.15) is 11.5 Å². The van der Waals surface area contributed by atoms with Crippen LogP contribution >= 0.6 is 0 Å². The number of fused-ring (bicyclic) bond motifs is 1. The number of para-hydroxylation sites is 1. The summed E-state index contributed by atoms with van der Waals surface area (Å²) >= 11 is 0. The van der Waals surface area contributed by atoms with Crippen molar-refractivity contribution < 1.29 is 18.9 Å². The highest BCUT2D eigenvalue weighted by molar-refractivity contribution is 5.47. The second-order valence-electron chi connectivity index (χ2n) is 5.08.